The number of piperazine rings is 1. The van der Waals surface area contributed by atoms with E-state index in [9.17, 15) is 13.2 Å². The highest BCUT2D eigenvalue weighted by Gasteiger charge is 2.29. The number of hydrogen-bond acceptors (Lipinski definition) is 4. The van der Waals surface area contributed by atoms with E-state index in [-0.39, 0.29) is 11.9 Å². The Kier molecular flexibility index (Phi) is 6.38. The molecule has 1 unspecified atom stereocenters. The summed E-state index contributed by atoms with van der Waals surface area (Å²) < 4.78 is 26.5. The second-order valence-electron chi connectivity index (χ2n) is 5.44. The molecule has 1 heterocycles. The largest absolute Gasteiger partial charge is 0.340 e. The van der Waals surface area contributed by atoms with Crippen molar-refractivity contribution in [1.29, 1.82) is 0 Å². The summed E-state index contributed by atoms with van der Waals surface area (Å²) >= 11 is 0. The van der Waals surface area contributed by atoms with Crippen LogP contribution in [0.1, 0.15) is 26.2 Å². The minimum absolute atomic E-state index is 0.0903. The third-order valence-electron chi connectivity index (χ3n) is 3.43. The maximum atomic E-state index is 12.0. The van der Waals surface area contributed by atoms with Crippen LogP contribution in [-0.4, -0.2) is 74.2 Å². The summed E-state index contributed by atoms with van der Waals surface area (Å²) in [7, 11) is -0.336. The zero-order chi connectivity index (χ0) is 15.3. The van der Waals surface area contributed by atoms with E-state index in [1.54, 1.807) is 4.90 Å². The van der Waals surface area contributed by atoms with Crippen LogP contribution in [0.3, 0.4) is 0 Å². The first kappa shape index (κ1) is 17.4. The van der Waals surface area contributed by atoms with E-state index >= 15 is 0 Å². The van der Waals surface area contributed by atoms with Crippen LogP contribution in [0.5, 0.6) is 0 Å². The molecule has 1 aliphatic heterocycles. The van der Waals surface area contributed by atoms with Gasteiger partial charge in [0.05, 0.1) is 0 Å². The predicted octanol–water partition coefficient (Wildman–Crippen LogP) is -0.545. The first-order valence-electron chi connectivity index (χ1n) is 6.96. The zero-order valence-corrected chi connectivity index (χ0v) is 13.4. The number of carbonyl (C=O) groups excluding carboxylic acids is 1. The quantitative estimate of drug-likeness (QED) is 0.713. The molecular formula is C12H26N4O3S. The fourth-order valence-corrected chi connectivity index (χ4v) is 3.22. The standard InChI is InChI=1S/C12H26N4O3S/c1-11(13)5-4-6-12(17)15-7-9-16(10-8-15)20(18,19)14(2)3/h11H,4-10,13H2,1-3H3. The van der Waals surface area contributed by atoms with Gasteiger partial charge in [0.2, 0.25) is 5.91 Å². The first-order chi connectivity index (χ1) is 9.25. The Morgan fingerprint density at radius 1 is 1.25 bits per heavy atom. The number of nitrogens with two attached hydrogens (primary N) is 1. The molecule has 0 aromatic carbocycles. The van der Waals surface area contributed by atoms with Gasteiger partial charge in [-0.1, -0.05) is 0 Å². The summed E-state index contributed by atoms with van der Waals surface area (Å²) in [6.45, 7) is 3.57. The third kappa shape index (κ3) is 4.69. The predicted molar refractivity (Wildman–Crippen MR) is 78.3 cm³/mol. The van der Waals surface area contributed by atoms with Gasteiger partial charge in [-0.05, 0) is 19.8 Å². The summed E-state index contributed by atoms with van der Waals surface area (Å²) in [4.78, 5) is 13.7. The van der Waals surface area contributed by atoms with Crippen molar-refractivity contribution in [3.05, 3.63) is 0 Å². The van der Waals surface area contributed by atoms with E-state index in [4.69, 9.17) is 5.73 Å². The highest BCUT2D eigenvalue weighted by molar-refractivity contribution is 7.86. The SMILES string of the molecule is CC(N)CCCC(=O)N1CCN(S(=O)(=O)N(C)C)CC1. The summed E-state index contributed by atoms with van der Waals surface area (Å²) in [5.41, 5.74) is 5.65. The molecule has 1 aliphatic rings. The maximum Gasteiger partial charge on any atom is 0.281 e. The number of carbonyl (C=O) groups is 1. The highest BCUT2D eigenvalue weighted by Crippen LogP contribution is 2.11. The van der Waals surface area contributed by atoms with Crippen LogP contribution in [0.25, 0.3) is 0 Å². The molecule has 0 bridgehead atoms. The second-order valence-corrected chi connectivity index (χ2v) is 7.58. The highest BCUT2D eigenvalue weighted by atomic mass is 32.2. The maximum absolute atomic E-state index is 12.0. The molecule has 1 saturated heterocycles. The zero-order valence-electron chi connectivity index (χ0n) is 12.6. The van der Waals surface area contributed by atoms with Crippen LogP contribution in [0, 0.1) is 0 Å². The number of rotatable bonds is 6. The number of amides is 1. The molecule has 7 nitrogen and oxygen atoms in total. The Morgan fingerprint density at radius 3 is 2.25 bits per heavy atom. The lowest BCUT2D eigenvalue weighted by atomic mass is 10.1. The lowest BCUT2D eigenvalue weighted by Gasteiger charge is -2.35. The smallest absolute Gasteiger partial charge is 0.281 e. The molecule has 0 spiro atoms. The molecule has 1 rings (SSSR count). The Balaban J connectivity index is 2.40. The van der Waals surface area contributed by atoms with Gasteiger partial charge >= 0.3 is 0 Å². The summed E-state index contributed by atoms with van der Waals surface area (Å²) in [5, 5.41) is 0. The molecule has 1 fully saturated rings. The Hall–Kier alpha value is -0.700. The summed E-state index contributed by atoms with van der Waals surface area (Å²) in [5.74, 6) is 0.0903. The van der Waals surface area contributed by atoms with Crippen molar-refractivity contribution in [2.45, 2.75) is 32.2 Å². The molecule has 2 N–H and O–H groups in total. The van der Waals surface area contributed by atoms with Gasteiger partial charge in [0.1, 0.15) is 0 Å². The van der Waals surface area contributed by atoms with Gasteiger partial charge in [-0.25, -0.2) is 0 Å². The van der Waals surface area contributed by atoms with E-state index in [2.05, 4.69) is 0 Å². The molecule has 118 valence electrons. The third-order valence-corrected chi connectivity index (χ3v) is 5.37. The van der Waals surface area contributed by atoms with Crippen LogP contribution in [0.15, 0.2) is 0 Å². The van der Waals surface area contributed by atoms with Crippen molar-refractivity contribution in [3.8, 4) is 0 Å². The molecule has 0 aromatic rings. The van der Waals surface area contributed by atoms with Gasteiger partial charge in [0.15, 0.2) is 0 Å². The van der Waals surface area contributed by atoms with Gasteiger partial charge < -0.3 is 10.6 Å². The van der Waals surface area contributed by atoms with Crippen molar-refractivity contribution in [1.82, 2.24) is 13.5 Å². The fraction of sp³-hybridized carbons (Fsp3) is 0.917. The van der Waals surface area contributed by atoms with E-state index in [0.717, 1.165) is 12.8 Å². The average Bonchev–Trinajstić information content (AvgIpc) is 2.38. The monoisotopic (exact) mass is 306 g/mol. The second kappa shape index (κ2) is 7.35. The first-order valence-corrected chi connectivity index (χ1v) is 8.35. The van der Waals surface area contributed by atoms with Gasteiger partial charge in [-0.2, -0.15) is 17.0 Å². The average molecular weight is 306 g/mol. The lowest BCUT2D eigenvalue weighted by Crippen LogP contribution is -2.53. The van der Waals surface area contributed by atoms with Crippen molar-refractivity contribution in [2.75, 3.05) is 40.3 Å². The molecule has 0 radical (unpaired) electrons. The molecule has 20 heavy (non-hydrogen) atoms. The van der Waals surface area contributed by atoms with Gasteiger partial charge in [-0.15, -0.1) is 0 Å². The molecule has 0 saturated carbocycles. The topological polar surface area (TPSA) is 87.0 Å². The van der Waals surface area contributed by atoms with Crippen LogP contribution in [0.4, 0.5) is 0 Å². The Bertz CT molecular complexity index is 414. The van der Waals surface area contributed by atoms with Crippen LogP contribution in [-0.2, 0) is 15.0 Å². The fourth-order valence-electron chi connectivity index (χ4n) is 2.13. The van der Waals surface area contributed by atoms with E-state index in [1.807, 2.05) is 6.92 Å². The van der Waals surface area contributed by atoms with Crippen LogP contribution in [0.2, 0.25) is 0 Å². The molecule has 1 atom stereocenters. The minimum atomic E-state index is -3.37. The molecule has 0 aromatic heterocycles. The molecule has 1 amide bonds. The minimum Gasteiger partial charge on any atom is -0.340 e. The van der Waals surface area contributed by atoms with Crippen molar-refractivity contribution in [3.63, 3.8) is 0 Å². The van der Waals surface area contributed by atoms with E-state index < -0.39 is 10.2 Å². The van der Waals surface area contributed by atoms with E-state index in [0.29, 0.717) is 32.6 Å². The van der Waals surface area contributed by atoms with E-state index in [1.165, 1.54) is 22.7 Å². The Labute approximate surface area is 121 Å². The number of hydrogen-bond donors (Lipinski definition) is 1. The summed E-state index contributed by atoms with van der Waals surface area (Å²) in [6, 6.07) is 0.116. The molecule has 8 heteroatoms. The van der Waals surface area contributed by atoms with Crippen molar-refractivity contribution < 1.29 is 13.2 Å². The van der Waals surface area contributed by atoms with Gasteiger partial charge in [0.25, 0.3) is 10.2 Å². The summed E-state index contributed by atoms with van der Waals surface area (Å²) in [6.07, 6.45) is 2.11. The van der Waals surface area contributed by atoms with Crippen molar-refractivity contribution >= 4 is 16.1 Å². The molecule has 0 aliphatic carbocycles. The molecular weight excluding hydrogens is 280 g/mol. The van der Waals surface area contributed by atoms with Crippen LogP contribution < -0.4 is 5.73 Å². The van der Waals surface area contributed by atoms with Crippen LogP contribution >= 0.6 is 0 Å². The Morgan fingerprint density at radius 2 is 1.80 bits per heavy atom. The normalized spacial score (nSPS) is 19.4. The van der Waals surface area contributed by atoms with Gasteiger partial charge in [0, 0.05) is 52.7 Å². The van der Waals surface area contributed by atoms with Crippen molar-refractivity contribution in [2.24, 2.45) is 5.73 Å². The van der Waals surface area contributed by atoms with Gasteiger partial charge in [-0.3, -0.25) is 4.79 Å². The number of nitrogens with zero attached hydrogens (tertiary/aromatic N) is 3. The lowest BCUT2D eigenvalue weighted by molar-refractivity contribution is -0.132.